The first kappa shape index (κ1) is 20.1. The number of carboxylic acids is 1. The Morgan fingerprint density at radius 1 is 1.21 bits per heavy atom. The third-order valence-corrected chi connectivity index (χ3v) is 4.95. The first-order chi connectivity index (χ1) is 13.3. The lowest BCUT2D eigenvalue weighted by Crippen LogP contribution is -2.45. The summed E-state index contributed by atoms with van der Waals surface area (Å²) in [5.74, 6) is -1.21. The number of aliphatic carboxylic acids is 1. The highest BCUT2D eigenvalue weighted by Gasteiger charge is 2.24. The summed E-state index contributed by atoms with van der Waals surface area (Å²) >= 11 is 0. The molecule has 1 aliphatic rings. The largest absolute Gasteiger partial charge is 0.481 e. The summed E-state index contributed by atoms with van der Waals surface area (Å²) in [6.07, 6.45) is 0.307. The van der Waals surface area contributed by atoms with Gasteiger partial charge in [-0.25, -0.2) is 4.39 Å². The number of hydrogen-bond donors (Lipinski definition) is 2. The van der Waals surface area contributed by atoms with Gasteiger partial charge in [-0.2, -0.15) is 0 Å². The molecule has 0 aliphatic carbocycles. The van der Waals surface area contributed by atoms with Crippen molar-refractivity contribution < 1.29 is 19.0 Å². The molecule has 0 spiro atoms. The van der Waals surface area contributed by atoms with Crippen LogP contribution in [-0.2, 0) is 9.53 Å². The van der Waals surface area contributed by atoms with Gasteiger partial charge in [0.2, 0.25) is 0 Å². The van der Waals surface area contributed by atoms with Crippen LogP contribution in [0, 0.1) is 5.82 Å². The molecule has 1 fully saturated rings. The number of morpholine rings is 1. The third-order valence-electron chi connectivity index (χ3n) is 4.95. The molecule has 1 aliphatic heterocycles. The quantitative estimate of drug-likeness (QED) is 0.749. The van der Waals surface area contributed by atoms with Crippen molar-refractivity contribution in [2.75, 3.05) is 23.3 Å². The molecule has 0 aromatic heterocycles. The van der Waals surface area contributed by atoms with E-state index in [2.05, 4.69) is 24.1 Å². The molecule has 1 unspecified atom stereocenters. The maximum Gasteiger partial charge on any atom is 0.303 e. The lowest BCUT2D eigenvalue weighted by Gasteiger charge is -2.38. The van der Waals surface area contributed by atoms with E-state index in [0.717, 1.165) is 35.7 Å². The Morgan fingerprint density at radius 3 is 2.46 bits per heavy atom. The molecule has 3 atom stereocenters. The number of nitrogens with one attached hydrogen (secondary N) is 1. The summed E-state index contributed by atoms with van der Waals surface area (Å²) in [5, 5.41) is 12.5. The van der Waals surface area contributed by atoms with Crippen LogP contribution in [0.25, 0.3) is 0 Å². The van der Waals surface area contributed by atoms with Crippen LogP contribution in [-0.4, -0.2) is 36.4 Å². The van der Waals surface area contributed by atoms with Gasteiger partial charge >= 0.3 is 5.97 Å². The second-order valence-electron chi connectivity index (χ2n) is 7.57. The smallest absolute Gasteiger partial charge is 0.303 e. The second kappa shape index (κ2) is 8.61. The molecule has 150 valence electrons. The lowest BCUT2D eigenvalue weighted by molar-refractivity contribution is -0.137. The first-order valence-electron chi connectivity index (χ1n) is 9.60. The van der Waals surface area contributed by atoms with Crippen molar-refractivity contribution in [1.82, 2.24) is 0 Å². The molecular formula is C22H27FN2O3. The van der Waals surface area contributed by atoms with Crippen LogP contribution in [0.2, 0.25) is 0 Å². The minimum atomic E-state index is -0.819. The molecule has 0 saturated carbocycles. The number of carbonyl (C=O) groups is 1. The average Bonchev–Trinajstić information content (AvgIpc) is 2.62. The molecule has 28 heavy (non-hydrogen) atoms. The van der Waals surface area contributed by atoms with Crippen LogP contribution < -0.4 is 10.2 Å². The minimum absolute atomic E-state index is 0.0704. The molecule has 1 heterocycles. The number of carboxylic acid groups (broad SMARTS) is 1. The van der Waals surface area contributed by atoms with Gasteiger partial charge in [0.1, 0.15) is 5.82 Å². The van der Waals surface area contributed by atoms with Crippen LogP contribution in [0.1, 0.15) is 38.7 Å². The van der Waals surface area contributed by atoms with Gasteiger partial charge in [0.05, 0.1) is 30.0 Å². The second-order valence-corrected chi connectivity index (χ2v) is 7.57. The highest BCUT2D eigenvalue weighted by Crippen LogP contribution is 2.34. The minimum Gasteiger partial charge on any atom is -0.481 e. The van der Waals surface area contributed by atoms with Crippen molar-refractivity contribution in [3.63, 3.8) is 0 Å². The number of hydrogen-bond acceptors (Lipinski definition) is 4. The van der Waals surface area contributed by atoms with E-state index in [1.165, 1.54) is 12.1 Å². The summed E-state index contributed by atoms with van der Waals surface area (Å²) in [6.45, 7) is 7.56. The highest BCUT2D eigenvalue weighted by molar-refractivity contribution is 5.77. The Morgan fingerprint density at radius 2 is 1.86 bits per heavy atom. The Bertz CT molecular complexity index is 815. The number of ether oxygens (including phenoxy) is 1. The first-order valence-corrected chi connectivity index (χ1v) is 9.60. The third kappa shape index (κ3) is 5.01. The van der Waals surface area contributed by atoms with Crippen molar-refractivity contribution in [3.05, 3.63) is 53.8 Å². The molecule has 1 saturated heterocycles. The molecule has 6 heteroatoms. The van der Waals surface area contributed by atoms with E-state index >= 15 is 0 Å². The predicted octanol–water partition coefficient (Wildman–Crippen LogP) is 4.76. The predicted molar refractivity (Wildman–Crippen MR) is 109 cm³/mol. The summed E-state index contributed by atoms with van der Waals surface area (Å²) in [4.78, 5) is 13.4. The van der Waals surface area contributed by atoms with E-state index in [0.29, 0.717) is 0 Å². The van der Waals surface area contributed by atoms with Gasteiger partial charge < -0.3 is 20.1 Å². The molecule has 3 rings (SSSR count). The van der Waals surface area contributed by atoms with Crippen LogP contribution in [0.5, 0.6) is 0 Å². The van der Waals surface area contributed by atoms with Gasteiger partial charge in [-0.3, -0.25) is 4.79 Å². The molecule has 0 bridgehead atoms. The van der Waals surface area contributed by atoms with Crippen molar-refractivity contribution in [1.29, 1.82) is 0 Å². The van der Waals surface area contributed by atoms with E-state index in [9.17, 15) is 9.18 Å². The zero-order valence-corrected chi connectivity index (χ0v) is 16.5. The van der Waals surface area contributed by atoms with E-state index in [-0.39, 0.29) is 30.4 Å². The Balaban J connectivity index is 1.95. The van der Waals surface area contributed by atoms with Gasteiger partial charge in [-0.1, -0.05) is 13.0 Å². The average molecular weight is 386 g/mol. The topological polar surface area (TPSA) is 61.8 Å². The van der Waals surface area contributed by atoms with E-state index < -0.39 is 5.97 Å². The lowest BCUT2D eigenvalue weighted by atomic mass is 9.96. The normalized spacial score (nSPS) is 20.6. The number of rotatable bonds is 6. The Labute approximate surface area is 165 Å². The zero-order chi connectivity index (χ0) is 20.3. The summed E-state index contributed by atoms with van der Waals surface area (Å²) < 4.78 is 19.1. The molecule has 2 aromatic carbocycles. The summed E-state index contributed by atoms with van der Waals surface area (Å²) in [7, 11) is 0. The van der Waals surface area contributed by atoms with E-state index in [1.807, 2.05) is 25.1 Å². The maximum absolute atomic E-state index is 13.3. The molecule has 0 amide bonds. The number of benzene rings is 2. The summed E-state index contributed by atoms with van der Waals surface area (Å²) in [6, 6.07) is 12.2. The van der Waals surface area contributed by atoms with Crippen molar-refractivity contribution in [2.45, 2.75) is 45.3 Å². The van der Waals surface area contributed by atoms with Crippen LogP contribution in [0.15, 0.2) is 42.5 Å². The van der Waals surface area contributed by atoms with Crippen molar-refractivity contribution in [2.24, 2.45) is 0 Å². The van der Waals surface area contributed by atoms with Gasteiger partial charge in [0.15, 0.2) is 0 Å². The molecule has 2 N–H and O–H groups in total. The maximum atomic E-state index is 13.3. The number of anilines is 3. The SMILES string of the molecule is CC(CC(=O)O)c1ccc(N2C[C@@H](C)O[C@@H](C)C2)c(Nc2ccc(F)cc2)c1. The molecule has 0 radical (unpaired) electrons. The highest BCUT2D eigenvalue weighted by atomic mass is 19.1. The van der Waals surface area contributed by atoms with Crippen LogP contribution >= 0.6 is 0 Å². The fourth-order valence-electron chi connectivity index (χ4n) is 3.68. The van der Waals surface area contributed by atoms with E-state index in [4.69, 9.17) is 9.84 Å². The Hall–Kier alpha value is -2.60. The monoisotopic (exact) mass is 386 g/mol. The number of nitrogens with zero attached hydrogens (tertiary/aromatic N) is 1. The van der Waals surface area contributed by atoms with Gasteiger partial charge in [-0.05, 0) is 61.7 Å². The van der Waals surface area contributed by atoms with Gasteiger partial charge in [0.25, 0.3) is 0 Å². The molecule has 5 nitrogen and oxygen atoms in total. The fourth-order valence-corrected chi connectivity index (χ4v) is 3.68. The molecule has 2 aromatic rings. The summed E-state index contributed by atoms with van der Waals surface area (Å²) in [5.41, 5.74) is 3.63. The Kier molecular flexibility index (Phi) is 6.19. The zero-order valence-electron chi connectivity index (χ0n) is 16.5. The number of halogens is 1. The fraction of sp³-hybridized carbons (Fsp3) is 0.409. The molecular weight excluding hydrogens is 359 g/mol. The van der Waals surface area contributed by atoms with Gasteiger partial charge in [-0.15, -0.1) is 0 Å². The van der Waals surface area contributed by atoms with Crippen molar-refractivity contribution in [3.8, 4) is 0 Å². The standard InChI is InChI=1S/C22H27FN2O3/c1-14(10-22(26)27)17-4-9-21(25-12-15(2)28-16(3)13-25)20(11-17)24-19-7-5-18(23)6-8-19/h4-9,11,14-16,24H,10,12-13H2,1-3H3,(H,26,27)/t14?,15-,16+. The van der Waals surface area contributed by atoms with Gasteiger partial charge in [0, 0.05) is 18.8 Å². The van der Waals surface area contributed by atoms with Crippen molar-refractivity contribution >= 4 is 23.0 Å². The van der Waals surface area contributed by atoms with E-state index in [1.54, 1.807) is 12.1 Å². The van der Waals surface area contributed by atoms with Crippen LogP contribution in [0.3, 0.4) is 0 Å². The van der Waals surface area contributed by atoms with Crippen LogP contribution in [0.4, 0.5) is 21.5 Å².